The van der Waals surface area contributed by atoms with Crippen LogP contribution in [0.3, 0.4) is 0 Å². The molecule has 1 heterocycles. The first-order valence-corrected chi connectivity index (χ1v) is 10.1. The quantitative estimate of drug-likeness (QED) is 0.791. The SMILES string of the molecule is COc1ccc(N2C(=O)CS[C@H]2c2ccccc2NC(=O)C(C)C)c(OC)c1. The molecule has 2 aromatic carbocycles. The maximum Gasteiger partial charge on any atom is 0.238 e. The van der Waals surface area contributed by atoms with Gasteiger partial charge in [0.15, 0.2) is 0 Å². The van der Waals surface area contributed by atoms with Crippen LogP contribution in [-0.4, -0.2) is 31.8 Å². The lowest BCUT2D eigenvalue weighted by Crippen LogP contribution is -2.29. The van der Waals surface area contributed by atoms with Gasteiger partial charge in [-0.25, -0.2) is 0 Å². The summed E-state index contributed by atoms with van der Waals surface area (Å²) in [6.07, 6.45) is 0. The van der Waals surface area contributed by atoms with Gasteiger partial charge in [-0.1, -0.05) is 32.0 Å². The Morgan fingerprint density at radius 3 is 2.61 bits per heavy atom. The Bertz CT molecular complexity index is 884. The van der Waals surface area contributed by atoms with Crippen molar-refractivity contribution in [3.05, 3.63) is 48.0 Å². The van der Waals surface area contributed by atoms with Crippen LogP contribution in [0.15, 0.2) is 42.5 Å². The molecule has 28 heavy (non-hydrogen) atoms. The van der Waals surface area contributed by atoms with Crippen molar-refractivity contribution in [2.24, 2.45) is 5.92 Å². The minimum absolute atomic E-state index is 0.0107. The highest BCUT2D eigenvalue weighted by atomic mass is 32.2. The lowest BCUT2D eigenvalue weighted by atomic mass is 10.1. The van der Waals surface area contributed by atoms with Gasteiger partial charge >= 0.3 is 0 Å². The number of amides is 2. The maximum atomic E-state index is 12.8. The predicted octanol–water partition coefficient (Wildman–Crippen LogP) is 4.08. The molecule has 7 heteroatoms. The monoisotopic (exact) mass is 400 g/mol. The number of nitrogens with one attached hydrogen (secondary N) is 1. The summed E-state index contributed by atoms with van der Waals surface area (Å²) in [5.74, 6) is 1.36. The lowest BCUT2D eigenvalue weighted by Gasteiger charge is -2.27. The summed E-state index contributed by atoms with van der Waals surface area (Å²) in [6.45, 7) is 3.70. The lowest BCUT2D eigenvalue weighted by molar-refractivity contribution is -0.119. The van der Waals surface area contributed by atoms with Gasteiger partial charge in [-0.3, -0.25) is 14.5 Å². The van der Waals surface area contributed by atoms with Gasteiger partial charge in [-0.2, -0.15) is 0 Å². The van der Waals surface area contributed by atoms with E-state index in [0.717, 1.165) is 5.56 Å². The zero-order chi connectivity index (χ0) is 20.3. The van der Waals surface area contributed by atoms with Crippen molar-refractivity contribution < 1.29 is 19.1 Å². The molecule has 3 rings (SSSR count). The van der Waals surface area contributed by atoms with Crippen molar-refractivity contribution in [2.45, 2.75) is 19.2 Å². The number of thioether (sulfide) groups is 1. The van der Waals surface area contributed by atoms with Crippen LogP contribution in [0.1, 0.15) is 24.8 Å². The van der Waals surface area contributed by atoms with Gasteiger partial charge in [-0.05, 0) is 18.2 Å². The molecule has 2 amide bonds. The fourth-order valence-electron chi connectivity index (χ4n) is 3.00. The van der Waals surface area contributed by atoms with Crippen molar-refractivity contribution >= 4 is 35.0 Å². The molecule has 1 aliphatic heterocycles. The Kier molecular flexibility index (Phi) is 6.14. The summed E-state index contributed by atoms with van der Waals surface area (Å²) >= 11 is 1.52. The number of rotatable bonds is 6. The van der Waals surface area contributed by atoms with E-state index < -0.39 is 0 Å². The molecule has 1 atom stereocenters. The van der Waals surface area contributed by atoms with E-state index in [1.54, 1.807) is 31.3 Å². The number of ether oxygens (including phenoxy) is 2. The fraction of sp³-hybridized carbons (Fsp3) is 0.333. The largest absolute Gasteiger partial charge is 0.497 e. The summed E-state index contributed by atoms with van der Waals surface area (Å²) in [7, 11) is 3.15. The van der Waals surface area contributed by atoms with Crippen molar-refractivity contribution in [1.82, 2.24) is 0 Å². The van der Waals surface area contributed by atoms with E-state index in [9.17, 15) is 9.59 Å². The number of hydrogen-bond donors (Lipinski definition) is 1. The molecule has 1 aliphatic rings. The van der Waals surface area contributed by atoms with E-state index in [2.05, 4.69) is 5.32 Å². The molecular weight excluding hydrogens is 376 g/mol. The molecule has 0 bridgehead atoms. The summed E-state index contributed by atoms with van der Waals surface area (Å²) in [6, 6.07) is 13.0. The van der Waals surface area contributed by atoms with Crippen LogP contribution in [0.4, 0.5) is 11.4 Å². The highest BCUT2D eigenvalue weighted by Gasteiger charge is 2.37. The minimum Gasteiger partial charge on any atom is -0.497 e. The highest BCUT2D eigenvalue weighted by molar-refractivity contribution is 8.00. The maximum absolute atomic E-state index is 12.8. The molecule has 0 aliphatic carbocycles. The molecule has 0 unspecified atom stereocenters. The van der Waals surface area contributed by atoms with Gasteiger partial charge in [0.05, 0.1) is 25.7 Å². The van der Waals surface area contributed by atoms with E-state index in [0.29, 0.717) is 28.6 Å². The van der Waals surface area contributed by atoms with Gasteiger partial charge in [0.2, 0.25) is 11.8 Å². The van der Waals surface area contributed by atoms with Crippen LogP contribution in [0, 0.1) is 5.92 Å². The molecule has 0 saturated carbocycles. The summed E-state index contributed by atoms with van der Waals surface area (Å²) in [5.41, 5.74) is 2.27. The van der Waals surface area contributed by atoms with Crippen LogP contribution < -0.4 is 19.7 Å². The number of nitrogens with zero attached hydrogens (tertiary/aromatic N) is 1. The third-order valence-electron chi connectivity index (χ3n) is 4.52. The van der Waals surface area contributed by atoms with Gasteiger partial charge in [0, 0.05) is 23.2 Å². The highest BCUT2D eigenvalue weighted by Crippen LogP contribution is 2.47. The van der Waals surface area contributed by atoms with Gasteiger partial charge in [-0.15, -0.1) is 11.8 Å². The Morgan fingerprint density at radius 1 is 1.18 bits per heavy atom. The normalized spacial score (nSPS) is 16.4. The number of methoxy groups -OCH3 is 2. The third kappa shape index (κ3) is 3.94. The molecule has 1 saturated heterocycles. The smallest absolute Gasteiger partial charge is 0.238 e. The summed E-state index contributed by atoms with van der Waals surface area (Å²) < 4.78 is 10.8. The zero-order valence-corrected chi connectivity index (χ0v) is 17.2. The zero-order valence-electron chi connectivity index (χ0n) is 16.4. The van der Waals surface area contributed by atoms with E-state index in [1.807, 2.05) is 44.2 Å². The van der Waals surface area contributed by atoms with Crippen molar-refractivity contribution in [1.29, 1.82) is 0 Å². The standard InChI is InChI=1S/C21H24N2O4S/c1-13(2)20(25)22-16-8-6-5-7-15(16)21-23(19(24)12-28-21)17-10-9-14(26-3)11-18(17)27-4/h5-11,13,21H,12H2,1-4H3,(H,22,25)/t21-/m0/s1. The minimum atomic E-state index is -0.265. The summed E-state index contributed by atoms with van der Waals surface area (Å²) in [5, 5.41) is 2.71. The molecule has 0 radical (unpaired) electrons. The number of carbonyl (C=O) groups excluding carboxylic acids is 2. The number of carbonyl (C=O) groups is 2. The predicted molar refractivity (Wildman–Crippen MR) is 112 cm³/mol. The van der Waals surface area contributed by atoms with E-state index in [1.165, 1.54) is 11.8 Å². The summed E-state index contributed by atoms with van der Waals surface area (Å²) in [4.78, 5) is 26.7. The second-order valence-electron chi connectivity index (χ2n) is 6.70. The van der Waals surface area contributed by atoms with E-state index >= 15 is 0 Å². The molecule has 1 N–H and O–H groups in total. The molecule has 0 aromatic heterocycles. The van der Waals surface area contributed by atoms with Crippen LogP contribution in [0.25, 0.3) is 0 Å². The Morgan fingerprint density at radius 2 is 1.93 bits per heavy atom. The Balaban J connectivity index is 2.02. The fourth-order valence-corrected chi connectivity index (χ4v) is 4.21. The molecular formula is C21H24N2O4S. The molecule has 1 fully saturated rings. The Labute approximate surface area is 169 Å². The van der Waals surface area contributed by atoms with Crippen LogP contribution in [0.5, 0.6) is 11.5 Å². The second kappa shape index (κ2) is 8.56. The first-order valence-electron chi connectivity index (χ1n) is 9.01. The molecule has 148 valence electrons. The number of anilines is 2. The van der Waals surface area contributed by atoms with Crippen LogP contribution >= 0.6 is 11.8 Å². The first kappa shape index (κ1) is 20.1. The second-order valence-corrected chi connectivity index (χ2v) is 7.76. The average molecular weight is 401 g/mol. The third-order valence-corrected chi connectivity index (χ3v) is 5.72. The van der Waals surface area contributed by atoms with Crippen molar-refractivity contribution in [3.8, 4) is 11.5 Å². The van der Waals surface area contributed by atoms with Crippen LogP contribution in [-0.2, 0) is 9.59 Å². The first-order chi connectivity index (χ1) is 13.5. The van der Waals surface area contributed by atoms with E-state index in [-0.39, 0.29) is 23.1 Å². The molecule has 2 aromatic rings. The van der Waals surface area contributed by atoms with Gasteiger partial charge < -0.3 is 14.8 Å². The number of benzene rings is 2. The van der Waals surface area contributed by atoms with Crippen molar-refractivity contribution in [2.75, 3.05) is 30.2 Å². The van der Waals surface area contributed by atoms with Gasteiger partial charge in [0.25, 0.3) is 0 Å². The van der Waals surface area contributed by atoms with Crippen LogP contribution in [0.2, 0.25) is 0 Å². The van der Waals surface area contributed by atoms with Gasteiger partial charge in [0.1, 0.15) is 16.9 Å². The Hall–Kier alpha value is -2.67. The number of hydrogen-bond acceptors (Lipinski definition) is 5. The average Bonchev–Trinajstić information content (AvgIpc) is 3.08. The van der Waals surface area contributed by atoms with E-state index in [4.69, 9.17) is 9.47 Å². The molecule has 6 nitrogen and oxygen atoms in total. The number of para-hydroxylation sites is 1. The molecule has 0 spiro atoms. The van der Waals surface area contributed by atoms with Crippen molar-refractivity contribution in [3.63, 3.8) is 0 Å². The topological polar surface area (TPSA) is 67.9 Å².